The molecule has 0 aromatic heterocycles. The summed E-state index contributed by atoms with van der Waals surface area (Å²) in [5.74, 6) is 0. The van der Waals surface area contributed by atoms with Crippen molar-refractivity contribution in [2.45, 2.75) is 51.1 Å². The second-order valence-corrected chi connectivity index (χ2v) is 7.38. The Kier molecular flexibility index (Phi) is 4.65. The lowest BCUT2D eigenvalue weighted by atomic mass is 9.84. The van der Waals surface area contributed by atoms with E-state index in [0.29, 0.717) is 0 Å². The molecule has 0 aromatic carbocycles. The predicted molar refractivity (Wildman–Crippen MR) is 81.8 cm³/mol. The average Bonchev–Trinajstić information content (AvgIpc) is 2.80. The van der Waals surface area contributed by atoms with E-state index in [-0.39, 0.29) is 11.5 Å². The molecule has 2 unspecified atom stereocenters. The molecule has 0 radical (unpaired) electrons. The molecule has 0 amide bonds. The summed E-state index contributed by atoms with van der Waals surface area (Å²) in [4.78, 5) is 5.36. The normalized spacial score (nSPS) is 38.4. The summed E-state index contributed by atoms with van der Waals surface area (Å²) in [6.07, 6.45) is 6.93. The molecule has 3 fully saturated rings. The van der Waals surface area contributed by atoms with Crippen molar-refractivity contribution in [3.05, 3.63) is 0 Å². The second-order valence-electron chi connectivity index (χ2n) is 7.38. The SMILES string of the molecule is CC1(CN2CCC(N3CCCCC3)CC2)COCC1N. The van der Waals surface area contributed by atoms with Crippen LogP contribution in [0.3, 0.4) is 0 Å². The van der Waals surface area contributed by atoms with E-state index in [1.54, 1.807) is 0 Å². The Morgan fingerprint density at radius 3 is 2.40 bits per heavy atom. The van der Waals surface area contributed by atoms with Crippen molar-refractivity contribution in [3.8, 4) is 0 Å². The third kappa shape index (κ3) is 3.19. The molecule has 116 valence electrons. The van der Waals surface area contributed by atoms with Gasteiger partial charge in [0.2, 0.25) is 0 Å². The number of likely N-dealkylation sites (tertiary alicyclic amines) is 2. The fourth-order valence-electron chi connectivity index (χ4n) is 4.13. The summed E-state index contributed by atoms with van der Waals surface area (Å²) in [7, 11) is 0. The van der Waals surface area contributed by atoms with Crippen LogP contribution < -0.4 is 5.73 Å². The number of ether oxygens (including phenoxy) is 1. The summed E-state index contributed by atoms with van der Waals surface area (Å²) in [6.45, 7) is 10.1. The van der Waals surface area contributed by atoms with Crippen LogP contribution in [-0.2, 0) is 4.74 Å². The topological polar surface area (TPSA) is 41.7 Å². The molecule has 0 aliphatic carbocycles. The molecule has 0 aromatic rings. The molecule has 2 atom stereocenters. The van der Waals surface area contributed by atoms with Crippen molar-refractivity contribution >= 4 is 0 Å². The Morgan fingerprint density at radius 2 is 1.80 bits per heavy atom. The van der Waals surface area contributed by atoms with Gasteiger partial charge in [-0.05, 0) is 51.9 Å². The van der Waals surface area contributed by atoms with Crippen LogP contribution in [0.2, 0.25) is 0 Å². The Hall–Kier alpha value is -0.160. The summed E-state index contributed by atoms with van der Waals surface area (Å²) in [5, 5.41) is 0. The molecule has 2 N–H and O–H groups in total. The summed E-state index contributed by atoms with van der Waals surface area (Å²) in [5.41, 5.74) is 6.38. The number of piperidine rings is 2. The molecule has 4 nitrogen and oxygen atoms in total. The second kappa shape index (κ2) is 6.30. The highest BCUT2D eigenvalue weighted by Crippen LogP contribution is 2.30. The number of hydrogen-bond acceptors (Lipinski definition) is 4. The maximum Gasteiger partial charge on any atom is 0.0624 e. The van der Waals surface area contributed by atoms with Crippen molar-refractivity contribution in [2.75, 3.05) is 45.9 Å². The highest BCUT2D eigenvalue weighted by Gasteiger charge is 2.39. The number of nitrogens with two attached hydrogens (primary N) is 1. The molecule has 3 rings (SSSR count). The van der Waals surface area contributed by atoms with Gasteiger partial charge in [-0.2, -0.15) is 0 Å². The van der Waals surface area contributed by atoms with Crippen molar-refractivity contribution < 1.29 is 4.74 Å². The first-order valence-corrected chi connectivity index (χ1v) is 8.47. The van der Waals surface area contributed by atoms with E-state index in [0.717, 1.165) is 25.8 Å². The minimum atomic E-state index is 0.165. The Balaban J connectivity index is 1.46. The van der Waals surface area contributed by atoms with Gasteiger partial charge in [-0.25, -0.2) is 0 Å². The Morgan fingerprint density at radius 1 is 1.10 bits per heavy atom. The summed E-state index contributed by atoms with van der Waals surface area (Å²) >= 11 is 0. The van der Waals surface area contributed by atoms with Crippen LogP contribution in [0.25, 0.3) is 0 Å². The standard InChI is InChI=1S/C16H31N3O/c1-16(13-20-11-15(16)17)12-18-9-5-14(6-10-18)19-7-3-2-4-8-19/h14-15H,2-13,17H2,1H3. The zero-order valence-corrected chi connectivity index (χ0v) is 13.0. The average molecular weight is 281 g/mol. The first-order chi connectivity index (χ1) is 9.67. The van der Waals surface area contributed by atoms with Crippen molar-refractivity contribution in [2.24, 2.45) is 11.1 Å². The van der Waals surface area contributed by atoms with E-state index in [4.69, 9.17) is 10.5 Å². The van der Waals surface area contributed by atoms with Gasteiger partial charge < -0.3 is 20.3 Å². The van der Waals surface area contributed by atoms with Crippen molar-refractivity contribution in [1.82, 2.24) is 9.80 Å². The first kappa shape index (κ1) is 14.8. The van der Waals surface area contributed by atoms with E-state index in [2.05, 4.69) is 16.7 Å². The minimum absolute atomic E-state index is 0.165. The first-order valence-electron chi connectivity index (χ1n) is 8.47. The third-order valence-corrected chi connectivity index (χ3v) is 5.67. The van der Waals surface area contributed by atoms with Gasteiger partial charge in [0.05, 0.1) is 13.2 Å². The van der Waals surface area contributed by atoms with Gasteiger partial charge >= 0.3 is 0 Å². The van der Waals surface area contributed by atoms with Crippen LogP contribution in [0.4, 0.5) is 0 Å². The van der Waals surface area contributed by atoms with Crippen LogP contribution in [0, 0.1) is 5.41 Å². The van der Waals surface area contributed by atoms with Gasteiger partial charge in [0.1, 0.15) is 0 Å². The molecule has 0 saturated carbocycles. The van der Waals surface area contributed by atoms with Gasteiger partial charge in [-0.15, -0.1) is 0 Å². The molecule has 3 aliphatic rings. The van der Waals surface area contributed by atoms with Gasteiger partial charge in [-0.3, -0.25) is 0 Å². The molecular weight excluding hydrogens is 250 g/mol. The lowest BCUT2D eigenvalue weighted by molar-refractivity contribution is 0.0628. The smallest absolute Gasteiger partial charge is 0.0624 e. The van der Waals surface area contributed by atoms with E-state index >= 15 is 0 Å². The molecule has 4 heteroatoms. The molecular formula is C16H31N3O. The van der Waals surface area contributed by atoms with Crippen LogP contribution in [0.15, 0.2) is 0 Å². The number of rotatable bonds is 3. The summed E-state index contributed by atoms with van der Waals surface area (Å²) in [6, 6.07) is 1.05. The van der Waals surface area contributed by atoms with Crippen LogP contribution in [0.1, 0.15) is 39.0 Å². The van der Waals surface area contributed by atoms with E-state index < -0.39 is 0 Å². The highest BCUT2D eigenvalue weighted by molar-refractivity contribution is 4.93. The fraction of sp³-hybridized carbons (Fsp3) is 1.00. The number of nitrogens with zero attached hydrogens (tertiary/aromatic N) is 2. The largest absolute Gasteiger partial charge is 0.379 e. The molecule has 3 aliphatic heterocycles. The monoisotopic (exact) mass is 281 g/mol. The predicted octanol–water partition coefficient (Wildman–Crippen LogP) is 1.30. The Labute approximate surface area is 123 Å². The van der Waals surface area contributed by atoms with Gasteiger partial charge in [0, 0.05) is 24.0 Å². The third-order valence-electron chi connectivity index (χ3n) is 5.67. The fourth-order valence-corrected chi connectivity index (χ4v) is 4.13. The lowest BCUT2D eigenvalue weighted by Gasteiger charge is -2.42. The van der Waals surface area contributed by atoms with E-state index in [9.17, 15) is 0 Å². The van der Waals surface area contributed by atoms with Crippen LogP contribution in [-0.4, -0.2) is 67.8 Å². The lowest BCUT2D eigenvalue weighted by Crippen LogP contribution is -2.51. The maximum absolute atomic E-state index is 6.21. The van der Waals surface area contributed by atoms with E-state index in [1.165, 1.54) is 58.3 Å². The maximum atomic E-state index is 6.21. The molecule has 3 heterocycles. The van der Waals surface area contributed by atoms with Crippen LogP contribution in [0.5, 0.6) is 0 Å². The minimum Gasteiger partial charge on any atom is -0.379 e. The Bertz CT molecular complexity index is 311. The van der Waals surface area contributed by atoms with Gasteiger partial charge in [0.25, 0.3) is 0 Å². The zero-order valence-electron chi connectivity index (χ0n) is 13.0. The van der Waals surface area contributed by atoms with Crippen molar-refractivity contribution in [1.29, 1.82) is 0 Å². The van der Waals surface area contributed by atoms with Crippen molar-refractivity contribution in [3.63, 3.8) is 0 Å². The highest BCUT2D eigenvalue weighted by atomic mass is 16.5. The molecule has 0 bridgehead atoms. The molecule has 0 spiro atoms. The van der Waals surface area contributed by atoms with Gasteiger partial charge in [-0.1, -0.05) is 13.3 Å². The van der Waals surface area contributed by atoms with Crippen LogP contribution >= 0.6 is 0 Å². The molecule has 3 saturated heterocycles. The van der Waals surface area contributed by atoms with Gasteiger partial charge in [0.15, 0.2) is 0 Å². The summed E-state index contributed by atoms with van der Waals surface area (Å²) < 4.78 is 5.57. The molecule has 20 heavy (non-hydrogen) atoms. The van der Waals surface area contributed by atoms with E-state index in [1.807, 2.05) is 0 Å². The number of hydrogen-bond donors (Lipinski definition) is 1. The zero-order chi connectivity index (χ0) is 14.0. The quantitative estimate of drug-likeness (QED) is 0.847.